The lowest BCUT2D eigenvalue weighted by atomic mass is 10.1. The fourth-order valence-corrected chi connectivity index (χ4v) is 3.27. The van der Waals surface area contributed by atoms with E-state index in [1.54, 1.807) is 11.8 Å². The Hall–Kier alpha value is -1.00. The quantitative estimate of drug-likeness (QED) is 0.859. The lowest BCUT2D eigenvalue weighted by molar-refractivity contribution is 0.0740. The van der Waals surface area contributed by atoms with Crippen molar-refractivity contribution in [2.24, 2.45) is 0 Å². The van der Waals surface area contributed by atoms with Gasteiger partial charge in [-0.15, -0.1) is 11.8 Å². The number of rotatable bonds is 4. The Bertz CT molecular complexity index is 442. The molecule has 1 aliphatic rings. The molecule has 0 spiro atoms. The van der Waals surface area contributed by atoms with Crippen molar-refractivity contribution in [3.8, 4) is 0 Å². The maximum atomic E-state index is 12.6. The van der Waals surface area contributed by atoms with E-state index in [1.165, 1.54) is 0 Å². The molecule has 0 radical (unpaired) electrons. The van der Waals surface area contributed by atoms with Gasteiger partial charge in [-0.1, -0.05) is 26.0 Å². The normalized spacial score (nSPS) is 18.8. The summed E-state index contributed by atoms with van der Waals surface area (Å²) in [4.78, 5) is 15.6. The molecule has 1 saturated heterocycles. The lowest BCUT2D eigenvalue weighted by Gasteiger charge is -2.25. The van der Waals surface area contributed by atoms with Crippen LogP contribution in [0, 0.1) is 0 Å². The van der Waals surface area contributed by atoms with Gasteiger partial charge in [0.2, 0.25) is 0 Å². The highest BCUT2D eigenvalue weighted by molar-refractivity contribution is 8.00. The zero-order chi connectivity index (χ0) is 13.8. The maximum absolute atomic E-state index is 12.6. The second-order valence-electron chi connectivity index (χ2n) is 5.23. The molecule has 1 aromatic carbocycles. The molecule has 1 amide bonds. The van der Waals surface area contributed by atoms with Gasteiger partial charge >= 0.3 is 0 Å². The van der Waals surface area contributed by atoms with Crippen LogP contribution >= 0.6 is 11.8 Å². The third-order valence-electron chi connectivity index (χ3n) is 3.38. The number of carbonyl (C=O) groups is 1. The second-order valence-corrected chi connectivity index (χ2v) is 6.84. The first-order valence-corrected chi connectivity index (χ1v) is 7.71. The fourth-order valence-electron chi connectivity index (χ4n) is 2.33. The Morgan fingerprint density at radius 2 is 2.16 bits per heavy atom. The van der Waals surface area contributed by atoms with E-state index < -0.39 is 0 Å². The molecule has 1 atom stereocenters. The number of carbonyl (C=O) groups excluding carboxylic acids is 1. The summed E-state index contributed by atoms with van der Waals surface area (Å²) in [6.07, 6.45) is 1.04. The molecule has 1 N–H and O–H groups in total. The van der Waals surface area contributed by atoms with Crippen LogP contribution in [0.3, 0.4) is 0 Å². The summed E-state index contributed by atoms with van der Waals surface area (Å²) >= 11 is 1.75. The molecule has 3 nitrogen and oxygen atoms in total. The van der Waals surface area contributed by atoms with Crippen molar-refractivity contribution in [1.82, 2.24) is 10.2 Å². The van der Waals surface area contributed by atoms with Crippen molar-refractivity contribution < 1.29 is 4.79 Å². The van der Waals surface area contributed by atoms with Crippen molar-refractivity contribution in [2.75, 3.05) is 20.1 Å². The molecular weight excluding hydrogens is 256 g/mol. The predicted octanol–water partition coefficient (Wildman–Crippen LogP) is 2.62. The zero-order valence-electron chi connectivity index (χ0n) is 11.8. The van der Waals surface area contributed by atoms with Gasteiger partial charge in [-0.2, -0.15) is 0 Å². The van der Waals surface area contributed by atoms with E-state index in [2.05, 4.69) is 19.2 Å². The highest BCUT2D eigenvalue weighted by Gasteiger charge is 2.25. The molecule has 19 heavy (non-hydrogen) atoms. The van der Waals surface area contributed by atoms with Gasteiger partial charge in [-0.3, -0.25) is 4.79 Å². The molecule has 1 aliphatic heterocycles. The molecular formula is C15H22N2OS. The fraction of sp³-hybridized carbons (Fsp3) is 0.533. The third-order valence-corrected chi connectivity index (χ3v) is 4.46. The van der Waals surface area contributed by atoms with Crippen LogP contribution in [0.1, 0.15) is 30.6 Å². The van der Waals surface area contributed by atoms with Crippen LogP contribution in [0.4, 0.5) is 0 Å². The Kier molecular flexibility index (Phi) is 4.88. The monoisotopic (exact) mass is 278 g/mol. The van der Waals surface area contributed by atoms with Crippen LogP contribution < -0.4 is 5.32 Å². The molecule has 0 saturated carbocycles. The van der Waals surface area contributed by atoms with Crippen molar-refractivity contribution in [2.45, 2.75) is 36.5 Å². The number of hydrogen-bond acceptors (Lipinski definition) is 3. The first-order chi connectivity index (χ1) is 9.09. The van der Waals surface area contributed by atoms with Gasteiger partial charge in [0, 0.05) is 29.8 Å². The van der Waals surface area contributed by atoms with Crippen LogP contribution in [0.2, 0.25) is 0 Å². The molecule has 1 fully saturated rings. The van der Waals surface area contributed by atoms with E-state index >= 15 is 0 Å². The number of benzene rings is 1. The average molecular weight is 278 g/mol. The Balaban J connectivity index is 2.17. The number of amides is 1. The topological polar surface area (TPSA) is 32.3 Å². The van der Waals surface area contributed by atoms with E-state index in [4.69, 9.17) is 0 Å². The van der Waals surface area contributed by atoms with Gasteiger partial charge < -0.3 is 10.2 Å². The zero-order valence-corrected chi connectivity index (χ0v) is 12.7. The first-order valence-electron chi connectivity index (χ1n) is 6.83. The molecule has 2 rings (SSSR count). The first kappa shape index (κ1) is 14.4. The summed E-state index contributed by atoms with van der Waals surface area (Å²) in [6.45, 7) is 6.21. The van der Waals surface area contributed by atoms with Crippen LogP contribution in [0.25, 0.3) is 0 Å². The summed E-state index contributed by atoms with van der Waals surface area (Å²) < 4.78 is 0. The van der Waals surface area contributed by atoms with Crippen LogP contribution in [-0.2, 0) is 0 Å². The van der Waals surface area contributed by atoms with Crippen molar-refractivity contribution in [3.63, 3.8) is 0 Å². The molecule has 0 aromatic heterocycles. The average Bonchev–Trinajstić information content (AvgIpc) is 2.91. The highest BCUT2D eigenvalue weighted by atomic mass is 32.2. The molecule has 1 aromatic rings. The van der Waals surface area contributed by atoms with E-state index in [-0.39, 0.29) is 5.91 Å². The maximum Gasteiger partial charge on any atom is 0.255 e. The Morgan fingerprint density at radius 1 is 1.42 bits per heavy atom. The highest BCUT2D eigenvalue weighted by Crippen LogP contribution is 2.27. The van der Waals surface area contributed by atoms with Gasteiger partial charge in [-0.05, 0) is 25.1 Å². The van der Waals surface area contributed by atoms with E-state index in [9.17, 15) is 4.79 Å². The van der Waals surface area contributed by atoms with Gasteiger partial charge in [0.25, 0.3) is 5.91 Å². The third kappa shape index (κ3) is 3.51. The van der Waals surface area contributed by atoms with Crippen LogP contribution in [-0.4, -0.2) is 42.2 Å². The number of likely N-dealkylation sites (N-methyl/N-ethyl adjacent to an activating group) is 1. The second kappa shape index (κ2) is 6.44. The molecule has 104 valence electrons. The van der Waals surface area contributed by atoms with Crippen molar-refractivity contribution >= 4 is 17.7 Å². The Labute approximate surface area is 119 Å². The molecule has 1 unspecified atom stereocenters. The largest absolute Gasteiger partial charge is 0.337 e. The van der Waals surface area contributed by atoms with Gasteiger partial charge in [-0.25, -0.2) is 0 Å². The molecule has 1 heterocycles. The number of nitrogens with zero attached hydrogens (tertiary/aromatic N) is 1. The summed E-state index contributed by atoms with van der Waals surface area (Å²) in [5.41, 5.74) is 0.829. The minimum Gasteiger partial charge on any atom is -0.337 e. The van der Waals surface area contributed by atoms with Crippen LogP contribution in [0.15, 0.2) is 29.2 Å². The molecule has 0 bridgehead atoms. The van der Waals surface area contributed by atoms with Gasteiger partial charge in [0.1, 0.15) is 0 Å². The summed E-state index contributed by atoms with van der Waals surface area (Å²) in [5.74, 6) is 0.137. The minimum absolute atomic E-state index is 0.137. The van der Waals surface area contributed by atoms with E-state index in [1.807, 2.05) is 36.2 Å². The smallest absolute Gasteiger partial charge is 0.255 e. The van der Waals surface area contributed by atoms with Gasteiger partial charge in [0.15, 0.2) is 0 Å². The minimum atomic E-state index is 0.137. The van der Waals surface area contributed by atoms with Gasteiger partial charge in [0.05, 0.1) is 5.56 Å². The summed E-state index contributed by atoms with van der Waals surface area (Å²) in [6, 6.07) is 8.24. The standard InChI is InChI=1S/C15H22N2OS/c1-11(2)19-14-7-5-4-6-13(14)15(18)17(3)12-8-9-16-10-12/h4-7,11-12,16H,8-10H2,1-3H3. The number of thioether (sulfide) groups is 1. The van der Waals surface area contributed by atoms with E-state index in [0.29, 0.717) is 11.3 Å². The van der Waals surface area contributed by atoms with Crippen molar-refractivity contribution in [3.05, 3.63) is 29.8 Å². The molecule has 4 heteroatoms. The lowest BCUT2D eigenvalue weighted by Crippen LogP contribution is -2.38. The molecule has 0 aliphatic carbocycles. The van der Waals surface area contributed by atoms with E-state index in [0.717, 1.165) is 30.0 Å². The Morgan fingerprint density at radius 3 is 2.79 bits per heavy atom. The number of nitrogens with one attached hydrogen (secondary N) is 1. The predicted molar refractivity (Wildman–Crippen MR) is 80.8 cm³/mol. The van der Waals surface area contributed by atoms with Crippen LogP contribution in [0.5, 0.6) is 0 Å². The van der Waals surface area contributed by atoms with Crippen molar-refractivity contribution in [1.29, 1.82) is 0 Å². The SMILES string of the molecule is CC(C)Sc1ccccc1C(=O)N(C)C1CCNC1. The summed E-state index contributed by atoms with van der Waals surface area (Å²) in [7, 11) is 1.91. The summed E-state index contributed by atoms with van der Waals surface area (Å²) in [5, 5.41) is 3.79. The number of hydrogen-bond donors (Lipinski definition) is 1.